The van der Waals surface area contributed by atoms with Crippen molar-refractivity contribution in [1.29, 1.82) is 0 Å². The van der Waals surface area contributed by atoms with Crippen molar-refractivity contribution in [2.24, 2.45) is 0 Å². The standard InChI is InChI=1S/C23H27N3O3/c1-4-17-9-5-7-11-19(17)25-23(28)15-26(3)14-22(27)24-16(2)21-13-18-10-6-8-12-20(18)29-21/h5-13,16H,4,14-15H2,1-3H3,(H,24,27)(H,25,28). The Bertz CT molecular complexity index is 963. The van der Waals surface area contributed by atoms with Gasteiger partial charge in [0.15, 0.2) is 0 Å². The second kappa shape index (κ2) is 9.39. The molecule has 152 valence electrons. The van der Waals surface area contributed by atoms with E-state index in [1.807, 2.05) is 68.4 Å². The van der Waals surface area contributed by atoms with Crippen LogP contribution in [0.15, 0.2) is 59.0 Å². The van der Waals surface area contributed by atoms with Gasteiger partial charge >= 0.3 is 0 Å². The van der Waals surface area contributed by atoms with Crippen molar-refractivity contribution in [3.63, 3.8) is 0 Å². The summed E-state index contributed by atoms with van der Waals surface area (Å²) in [4.78, 5) is 26.4. The molecule has 3 aromatic rings. The van der Waals surface area contributed by atoms with Crippen LogP contribution in [0.1, 0.15) is 31.2 Å². The molecule has 0 aliphatic heterocycles. The van der Waals surface area contributed by atoms with Gasteiger partial charge in [-0.25, -0.2) is 0 Å². The predicted molar refractivity (Wildman–Crippen MR) is 115 cm³/mol. The molecule has 1 unspecified atom stereocenters. The second-order valence-electron chi connectivity index (χ2n) is 7.21. The van der Waals surface area contributed by atoms with Crippen LogP contribution < -0.4 is 10.6 Å². The number of benzene rings is 2. The van der Waals surface area contributed by atoms with Gasteiger partial charge in [-0.05, 0) is 44.2 Å². The van der Waals surface area contributed by atoms with Crippen molar-refractivity contribution in [2.45, 2.75) is 26.3 Å². The molecule has 0 saturated heterocycles. The Balaban J connectivity index is 1.50. The van der Waals surface area contributed by atoms with E-state index in [4.69, 9.17) is 4.42 Å². The number of carbonyl (C=O) groups excluding carboxylic acids is 2. The minimum atomic E-state index is -0.256. The maximum atomic E-state index is 12.4. The number of aryl methyl sites for hydroxylation is 1. The zero-order valence-electron chi connectivity index (χ0n) is 17.1. The van der Waals surface area contributed by atoms with Gasteiger partial charge in [0, 0.05) is 11.1 Å². The molecule has 0 radical (unpaired) electrons. The van der Waals surface area contributed by atoms with Crippen LogP contribution in [0.2, 0.25) is 0 Å². The van der Waals surface area contributed by atoms with Gasteiger partial charge in [-0.1, -0.05) is 43.3 Å². The van der Waals surface area contributed by atoms with E-state index in [-0.39, 0.29) is 30.9 Å². The normalized spacial score (nSPS) is 12.1. The lowest BCUT2D eigenvalue weighted by molar-refractivity contribution is -0.123. The fourth-order valence-electron chi connectivity index (χ4n) is 3.26. The Hall–Kier alpha value is -3.12. The highest BCUT2D eigenvalue weighted by molar-refractivity contribution is 5.93. The van der Waals surface area contributed by atoms with Gasteiger partial charge in [0.05, 0.1) is 19.1 Å². The molecule has 0 fully saturated rings. The summed E-state index contributed by atoms with van der Waals surface area (Å²) in [6.45, 7) is 4.17. The highest BCUT2D eigenvalue weighted by Crippen LogP contribution is 2.23. The molecule has 1 atom stereocenters. The van der Waals surface area contributed by atoms with E-state index in [9.17, 15) is 9.59 Å². The molecule has 1 aromatic heterocycles. The Morgan fingerprint density at radius 2 is 1.72 bits per heavy atom. The quantitative estimate of drug-likeness (QED) is 0.611. The van der Waals surface area contributed by atoms with Crippen LogP contribution in [0.3, 0.4) is 0 Å². The highest BCUT2D eigenvalue weighted by atomic mass is 16.3. The smallest absolute Gasteiger partial charge is 0.238 e. The topological polar surface area (TPSA) is 74.6 Å². The summed E-state index contributed by atoms with van der Waals surface area (Å²) >= 11 is 0. The van der Waals surface area contributed by atoms with E-state index in [0.717, 1.165) is 28.6 Å². The number of fused-ring (bicyclic) bond motifs is 1. The summed E-state index contributed by atoms with van der Waals surface area (Å²) in [6, 6.07) is 17.1. The average Bonchev–Trinajstić information content (AvgIpc) is 3.12. The van der Waals surface area contributed by atoms with E-state index in [1.165, 1.54) is 0 Å². The third kappa shape index (κ3) is 5.45. The molecule has 0 spiro atoms. The summed E-state index contributed by atoms with van der Waals surface area (Å²) in [6.07, 6.45) is 0.842. The summed E-state index contributed by atoms with van der Waals surface area (Å²) in [5, 5.41) is 6.85. The minimum Gasteiger partial charge on any atom is -0.459 e. The third-order valence-corrected chi connectivity index (χ3v) is 4.75. The molecular formula is C23H27N3O3. The maximum Gasteiger partial charge on any atom is 0.238 e. The fraction of sp³-hybridized carbons (Fsp3) is 0.304. The molecule has 3 rings (SSSR count). The van der Waals surface area contributed by atoms with Crippen molar-refractivity contribution < 1.29 is 14.0 Å². The molecule has 0 aliphatic carbocycles. The number of carbonyl (C=O) groups is 2. The van der Waals surface area contributed by atoms with Crippen LogP contribution in [0, 0.1) is 0 Å². The third-order valence-electron chi connectivity index (χ3n) is 4.75. The zero-order valence-corrected chi connectivity index (χ0v) is 17.1. The van der Waals surface area contributed by atoms with Gasteiger partial charge in [0.25, 0.3) is 0 Å². The van der Waals surface area contributed by atoms with Gasteiger partial charge in [-0.15, -0.1) is 0 Å². The van der Waals surface area contributed by atoms with E-state index in [2.05, 4.69) is 10.6 Å². The first-order valence-electron chi connectivity index (χ1n) is 9.80. The van der Waals surface area contributed by atoms with E-state index >= 15 is 0 Å². The van der Waals surface area contributed by atoms with Crippen molar-refractivity contribution in [3.8, 4) is 0 Å². The molecule has 0 bridgehead atoms. The number of amides is 2. The van der Waals surface area contributed by atoms with Crippen molar-refractivity contribution >= 4 is 28.5 Å². The summed E-state index contributed by atoms with van der Waals surface area (Å²) < 4.78 is 5.80. The molecule has 0 aliphatic rings. The minimum absolute atomic E-state index is 0.118. The van der Waals surface area contributed by atoms with E-state index in [1.54, 1.807) is 11.9 Å². The molecule has 2 N–H and O–H groups in total. The van der Waals surface area contributed by atoms with E-state index in [0.29, 0.717) is 5.76 Å². The fourth-order valence-corrected chi connectivity index (χ4v) is 3.26. The van der Waals surface area contributed by atoms with Crippen LogP contribution >= 0.6 is 0 Å². The van der Waals surface area contributed by atoms with Gasteiger partial charge in [0.2, 0.25) is 11.8 Å². The Morgan fingerprint density at radius 1 is 1.03 bits per heavy atom. The van der Waals surface area contributed by atoms with Crippen molar-refractivity contribution in [1.82, 2.24) is 10.2 Å². The SMILES string of the molecule is CCc1ccccc1NC(=O)CN(C)CC(=O)NC(C)c1cc2ccccc2o1. The van der Waals surface area contributed by atoms with Crippen molar-refractivity contribution in [2.75, 3.05) is 25.5 Å². The van der Waals surface area contributed by atoms with Crippen LogP contribution in [0.4, 0.5) is 5.69 Å². The van der Waals surface area contributed by atoms with Gasteiger partial charge in [-0.3, -0.25) is 14.5 Å². The van der Waals surface area contributed by atoms with Gasteiger partial charge in [0.1, 0.15) is 11.3 Å². The number of likely N-dealkylation sites (N-methyl/N-ethyl adjacent to an activating group) is 1. The molecule has 2 amide bonds. The lowest BCUT2D eigenvalue weighted by Gasteiger charge is -2.18. The molecule has 6 heteroatoms. The van der Waals surface area contributed by atoms with Crippen LogP contribution in [0.25, 0.3) is 11.0 Å². The number of nitrogens with zero attached hydrogens (tertiary/aromatic N) is 1. The van der Waals surface area contributed by atoms with E-state index < -0.39 is 0 Å². The summed E-state index contributed by atoms with van der Waals surface area (Å²) in [5.41, 5.74) is 2.70. The first kappa shape index (κ1) is 20.6. The molecule has 2 aromatic carbocycles. The van der Waals surface area contributed by atoms with Crippen LogP contribution in [-0.2, 0) is 16.0 Å². The highest BCUT2D eigenvalue weighted by Gasteiger charge is 2.16. The van der Waals surface area contributed by atoms with Crippen LogP contribution in [-0.4, -0.2) is 36.9 Å². The Morgan fingerprint density at radius 3 is 2.48 bits per heavy atom. The molecule has 29 heavy (non-hydrogen) atoms. The first-order valence-corrected chi connectivity index (χ1v) is 9.80. The zero-order chi connectivity index (χ0) is 20.8. The molecule has 0 saturated carbocycles. The number of rotatable bonds is 8. The predicted octanol–water partition coefficient (Wildman–Crippen LogP) is 3.74. The number of anilines is 1. The Kier molecular flexibility index (Phi) is 6.67. The van der Waals surface area contributed by atoms with Gasteiger partial charge in [-0.2, -0.15) is 0 Å². The van der Waals surface area contributed by atoms with Crippen molar-refractivity contribution in [3.05, 3.63) is 65.9 Å². The number of nitrogens with one attached hydrogen (secondary N) is 2. The maximum absolute atomic E-state index is 12.4. The number of furan rings is 1. The van der Waals surface area contributed by atoms with Gasteiger partial charge < -0.3 is 15.1 Å². The summed E-state index contributed by atoms with van der Waals surface area (Å²) in [7, 11) is 1.75. The first-order chi connectivity index (χ1) is 14.0. The largest absolute Gasteiger partial charge is 0.459 e. The second-order valence-corrected chi connectivity index (χ2v) is 7.21. The average molecular weight is 393 g/mol. The monoisotopic (exact) mass is 393 g/mol. The number of hydrogen-bond acceptors (Lipinski definition) is 4. The summed E-state index contributed by atoms with van der Waals surface area (Å²) in [5.74, 6) is 0.393. The molecular weight excluding hydrogens is 366 g/mol. The lowest BCUT2D eigenvalue weighted by Crippen LogP contribution is -2.39. The number of hydrogen-bond donors (Lipinski definition) is 2. The molecule has 6 nitrogen and oxygen atoms in total. The van der Waals surface area contributed by atoms with Crippen LogP contribution in [0.5, 0.6) is 0 Å². The molecule has 1 heterocycles. The lowest BCUT2D eigenvalue weighted by atomic mass is 10.1. The number of para-hydroxylation sites is 2. The Labute approximate surface area is 170 Å².